The van der Waals surface area contributed by atoms with Crippen molar-refractivity contribution in [3.63, 3.8) is 0 Å². The summed E-state index contributed by atoms with van der Waals surface area (Å²) in [5.41, 5.74) is 7.06. The first-order valence-corrected chi connectivity index (χ1v) is 5.12. The number of nitrogens with zero attached hydrogens (tertiary/aromatic N) is 2. The van der Waals surface area contributed by atoms with E-state index in [9.17, 15) is 4.79 Å². The number of rotatable bonds is 3. The number of hydrogen-bond donors (Lipinski definition) is 1. The Kier molecular flexibility index (Phi) is 3.25. The van der Waals surface area contributed by atoms with E-state index in [0.29, 0.717) is 11.3 Å². The monoisotopic (exact) mass is 225 g/mol. The predicted molar refractivity (Wildman–Crippen MR) is 65.6 cm³/mol. The zero-order valence-corrected chi connectivity index (χ0v) is 9.08. The van der Waals surface area contributed by atoms with Crippen LogP contribution >= 0.6 is 0 Å². The van der Waals surface area contributed by atoms with Crippen LogP contribution in [0.4, 0.5) is 11.4 Å². The Labute approximate surface area is 98.8 Å². The van der Waals surface area contributed by atoms with Crippen LogP contribution in [0.15, 0.2) is 64.8 Å². The zero-order valence-electron chi connectivity index (χ0n) is 9.08. The normalized spacial score (nSPS) is 10.6. The number of hydrogen-bond acceptors (Lipinski definition) is 3. The van der Waals surface area contributed by atoms with Crippen molar-refractivity contribution >= 4 is 17.3 Å². The van der Waals surface area contributed by atoms with Crippen LogP contribution in [0.5, 0.6) is 0 Å². The second-order valence-electron chi connectivity index (χ2n) is 3.45. The lowest BCUT2D eigenvalue weighted by atomic mass is 10.2. The number of amides is 1. The van der Waals surface area contributed by atoms with Crippen molar-refractivity contribution in [1.29, 1.82) is 0 Å². The molecule has 0 aliphatic heterocycles. The SMILES string of the molecule is NC(=O)c1ccc(N=Nc2ccccc2)cc1. The summed E-state index contributed by atoms with van der Waals surface area (Å²) >= 11 is 0. The molecule has 4 heteroatoms. The summed E-state index contributed by atoms with van der Waals surface area (Å²) in [6.07, 6.45) is 0. The molecule has 17 heavy (non-hydrogen) atoms. The molecule has 2 aromatic rings. The summed E-state index contributed by atoms with van der Waals surface area (Å²) < 4.78 is 0. The van der Waals surface area contributed by atoms with Crippen molar-refractivity contribution < 1.29 is 4.79 Å². The Balaban J connectivity index is 2.14. The van der Waals surface area contributed by atoms with Crippen LogP contribution < -0.4 is 5.73 Å². The molecule has 0 aliphatic carbocycles. The highest BCUT2D eigenvalue weighted by atomic mass is 16.1. The number of nitrogens with two attached hydrogens (primary N) is 1. The topological polar surface area (TPSA) is 67.8 Å². The molecule has 0 fully saturated rings. The smallest absolute Gasteiger partial charge is 0.248 e. The first-order valence-electron chi connectivity index (χ1n) is 5.12. The Hall–Kier alpha value is -2.49. The van der Waals surface area contributed by atoms with Gasteiger partial charge in [-0.3, -0.25) is 4.79 Å². The zero-order chi connectivity index (χ0) is 12.1. The summed E-state index contributed by atoms with van der Waals surface area (Å²) in [6.45, 7) is 0. The number of carbonyl (C=O) groups excluding carboxylic acids is 1. The minimum atomic E-state index is -0.448. The molecular weight excluding hydrogens is 214 g/mol. The standard InChI is InChI=1S/C13H11N3O/c14-13(17)10-6-8-12(9-7-10)16-15-11-4-2-1-3-5-11/h1-9H,(H2,14,17). The molecule has 0 bridgehead atoms. The molecule has 2 rings (SSSR count). The van der Waals surface area contributed by atoms with E-state index < -0.39 is 5.91 Å². The average molecular weight is 225 g/mol. The largest absolute Gasteiger partial charge is 0.366 e. The van der Waals surface area contributed by atoms with E-state index in [2.05, 4.69) is 10.2 Å². The Morgan fingerprint density at radius 1 is 0.824 bits per heavy atom. The van der Waals surface area contributed by atoms with Gasteiger partial charge in [0.25, 0.3) is 0 Å². The lowest BCUT2D eigenvalue weighted by Gasteiger charge is -1.95. The van der Waals surface area contributed by atoms with Gasteiger partial charge in [-0.1, -0.05) is 18.2 Å². The van der Waals surface area contributed by atoms with Gasteiger partial charge in [-0.25, -0.2) is 0 Å². The number of primary amides is 1. The maximum atomic E-state index is 10.9. The first-order chi connectivity index (χ1) is 8.25. The number of benzene rings is 2. The van der Waals surface area contributed by atoms with Gasteiger partial charge in [0.15, 0.2) is 0 Å². The lowest BCUT2D eigenvalue weighted by molar-refractivity contribution is 0.100. The Morgan fingerprint density at radius 3 is 1.88 bits per heavy atom. The molecule has 1 amide bonds. The van der Waals surface area contributed by atoms with Gasteiger partial charge in [-0.15, -0.1) is 0 Å². The minimum Gasteiger partial charge on any atom is -0.366 e. The van der Waals surface area contributed by atoms with Crippen LogP contribution in [-0.4, -0.2) is 5.91 Å². The van der Waals surface area contributed by atoms with E-state index in [-0.39, 0.29) is 0 Å². The van der Waals surface area contributed by atoms with Crippen LogP contribution in [0.2, 0.25) is 0 Å². The lowest BCUT2D eigenvalue weighted by Crippen LogP contribution is -2.10. The summed E-state index contributed by atoms with van der Waals surface area (Å²) in [5, 5.41) is 8.11. The van der Waals surface area contributed by atoms with Crippen molar-refractivity contribution in [2.45, 2.75) is 0 Å². The van der Waals surface area contributed by atoms with Crippen molar-refractivity contribution in [2.75, 3.05) is 0 Å². The van der Waals surface area contributed by atoms with Gasteiger partial charge in [0, 0.05) is 5.56 Å². The molecule has 0 radical (unpaired) electrons. The van der Waals surface area contributed by atoms with Gasteiger partial charge in [0.05, 0.1) is 11.4 Å². The third-order valence-corrected chi connectivity index (χ3v) is 2.19. The fourth-order valence-corrected chi connectivity index (χ4v) is 1.30. The molecule has 0 aliphatic rings. The van der Waals surface area contributed by atoms with Crippen molar-refractivity contribution in [1.82, 2.24) is 0 Å². The van der Waals surface area contributed by atoms with Gasteiger partial charge >= 0.3 is 0 Å². The number of azo groups is 1. The summed E-state index contributed by atoms with van der Waals surface area (Å²) in [6, 6.07) is 16.1. The number of carbonyl (C=O) groups is 1. The van der Waals surface area contributed by atoms with E-state index >= 15 is 0 Å². The molecule has 0 spiro atoms. The average Bonchev–Trinajstić information content (AvgIpc) is 2.38. The van der Waals surface area contributed by atoms with Crippen molar-refractivity contribution in [3.8, 4) is 0 Å². The first kappa shape index (κ1) is 11.0. The maximum Gasteiger partial charge on any atom is 0.248 e. The highest BCUT2D eigenvalue weighted by molar-refractivity contribution is 5.92. The fourth-order valence-electron chi connectivity index (χ4n) is 1.30. The molecule has 0 unspecified atom stereocenters. The van der Waals surface area contributed by atoms with Gasteiger partial charge < -0.3 is 5.73 Å². The molecule has 0 atom stereocenters. The van der Waals surface area contributed by atoms with Gasteiger partial charge in [0.1, 0.15) is 0 Å². The van der Waals surface area contributed by atoms with Crippen LogP contribution in [-0.2, 0) is 0 Å². The molecule has 0 heterocycles. The van der Waals surface area contributed by atoms with Gasteiger partial charge in [-0.05, 0) is 36.4 Å². The van der Waals surface area contributed by atoms with Crippen LogP contribution in [0, 0.1) is 0 Å². The molecule has 2 aromatic carbocycles. The Bertz CT molecular complexity index is 532. The van der Waals surface area contributed by atoms with E-state index in [1.165, 1.54) is 0 Å². The third kappa shape index (κ3) is 2.98. The van der Waals surface area contributed by atoms with Gasteiger partial charge in [0.2, 0.25) is 5.91 Å². The Morgan fingerprint density at radius 2 is 1.35 bits per heavy atom. The molecule has 0 saturated carbocycles. The van der Waals surface area contributed by atoms with Crippen LogP contribution in [0.1, 0.15) is 10.4 Å². The highest BCUT2D eigenvalue weighted by Gasteiger charge is 1.98. The molecule has 4 nitrogen and oxygen atoms in total. The van der Waals surface area contributed by atoms with E-state index in [4.69, 9.17) is 5.73 Å². The minimum absolute atomic E-state index is 0.448. The summed E-state index contributed by atoms with van der Waals surface area (Å²) in [4.78, 5) is 10.9. The van der Waals surface area contributed by atoms with E-state index in [1.54, 1.807) is 24.3 Å². The second-order valence-corrected chi connectivity index (χ2v) is 3.45. The van der Waals surface area contributed by atoms with Crippen molar-refractivity contribution in [2.24, 2.45) is 16.0 Å². The molecular formula is C13H11N3O. The van der Waals surface area contributed by atoms with E-state index in [0.717, 1.165) is 5.69 Å². The second kappa shape index (κ2) is 5.03. The van der Waals surface area contributed by atoms with E-state index in [1.807, 2.05) is 30.3 Å². The summed E-state index contributed by atoms with van der Waals surface area (Å²) in [7, 11) is 0. The fraction of sp³-hybridized carbons (Fsp3) is 0. The van der Waals surface area contributed by atoms with Crippen LogP contribution in [0.3, 0.4) is 0 Å². The quantitative estimate of drug-likeness (QED) is 0.800. The summed E-state index contributed by atoms with van der Waals surface area (Å²) in [5.74, 6) is -0.448. The predicted octanol–water partition coefficient (Wildman–Crippen LogP) is 3.20. The maximum absolute atomic E-state index is 10.9. The third-order valence-electron chi connectivity index (χ3n) is 2.19. The van der Waals surface area contributed by atoms with Crippen molar-refractivity contribution in [3.05, 3.63) is 60.2 Å². The van der Waals surface area contributed by atoms with Crippen LogP contribution in [0.25, 0.3) is 0 Å². The highest BCUT2D eigenvalue weighted by Crippen LogP contribution is 2.17. The molecule has 0 aromatic heterocycles. The molecule has 2 N–H and O–H groups in total. The molecule has 0 saturated heterocycles. The molecule has 84 valence electrons. The van der Waals surface area contributed by atoms with Gasteiger partial charge in [-0.2, -0.15) is 10.2 Å².